The second-order valence-corrected chi connectivity index (χ2v) is 9.08. The minimum absolute atomic E-state index is 0.0925. The van der Waals surface area contributed by atoms with Crippen molar-refractivity contribution in [3.05, 3.63) is 135 Å². The van der Waals surface area contributed by atoms with Crippen molar-refractivity contribution in [2.45, 2.75) is 6.92 Å². The van der Waals surface area contributed by atoms with Crippen LogP contribution in [0.3, 0.4) is 0 Å². The lowest BCUT2D eigenvalue weighted by Gasteiger charge is -2.07. The van der Waals surface area contributed by atoms with Gasteiger partial charge in [0.15, 0.2) is 0 Å². The molecule has 4 aromatic carbocycles. The number of nitrogens with one attached hydrogen (secondary N) is 2. The fourth-order valence-corrected chi connectivity index (χ4v) is 3.83. The van der Waals surface area contributed by atoms with Crippen molar-refractivity contribution in [2.24, 2.45) is 5.10 Å². The van der Waals surface area contributed by atoms with Crippen LogP contribution in [-0.2, 0) is 4.79 Å². The number of ether oxygens (including phenoxy) is 2. The SMILES string of the molecule is COc1ccc(/C=C/C(=O)Oc2c(/C=N/NC(=O)c3ccc(NC(=O)c4cccc(C)c4)cc3)cccc2[N+](=O)[O-])cc1. The van der Waals surface area contributed by atoms with Crippen LogP contribution in [0.25, 0.3) is 6.08 Å². The molecule has 0 atom stereocenters. The Kier molecular flexibility index (Phi) is 9.72. The standard InChI is InChI=1S/C32H26N4O7/c1-21-5-3-6-24(19-21)31(38)34-26-14-12-23(13-15-26)32(39)35-33-20-25-7-4-8-28(36(40)41)30(25)43-29(37)18-11-22-9-16-27(42-2)17-10-22/h3-20H,1-2H3,(H,34,38)(H,35,39)/b18-11+,33-20+. The van der Waals surface area contributed by atoms with Crippen LogP contribution >= 0.6 is 0 Å². The van der Waals surface area contributed by atoms with E-state index in [1.165, 1.54) is 43.5 Å². The highest BCUT2D eigenvalue weighted by atomic mass is 16.6. The summed E-state index contributed by atoms with van der Waals surface area (Å²) in [5.41, 5.74) is 4.87. The number of rotatable bonds is 10. The van der Waals surface area contributed by atoms with E-state index in [0.29, 0.717) is 22.6 Å². The molecule has 4 rings (SSSR count). The molecule has 0 saturated heterocycles. The topological polar surface area (TPSA) is 149 Å². The number of carbonyl (C=O) groups excluding carboxylic acids is 3. The number of hydrogen-bond donors (Lipinski definition) is 2. The van der Waals surface area contributed by atoms with Crippen LogP contribution in [0.1, 0.15) is 37.4 Å². The van der Waals surface area contributed by atoms with Crippen LogP contribution in [-0.4, -0.2) is 36.0 Å². The van der Waals surface area contributed by atoms with Crippen molar-refractivity contribution in [1.29, 1.82) is 0 Å². The highest BCUT2D eigenvalue weighted by Crippen LogP contribution is 2.30. The summed E-state index contributed by atoms with van der Waals surface area (Å²) in [4.78, 5) is 48.5. The number of carbonyl (C=O) groups is 3. The lowest BCUT2D eigenvalue weighted by molar-refractivity contribution is -0.385. The van der Waals surface area contributed by atoms with Gasteiger partial charge in [0.05, 0.1) is 18.2 Å². The van der Waals surface area contributed by atoms with E-state index in [0.717, 1.165) is 17.9 Å². The van der Waals surface area contributed by atoms with Gasteiger partial charge in [0, 0.05) is 34.5 Å². The molecule has 0 saturated carbocycles. The number of anilines is 1. The summed E-state index contributed by atoms with van der Waals surface area (Å²) in [5, 5.41) is 18.2. The Hall–Kier alpha value is -6.10. The zero-order chi connectivity index (χ0) is 30.8. The summed E-state index contributed by atoms with van der Waals surface area (Å²) in [6.45, 7) is 1.89. The van der Waals surface area contributed by atoms with Gasteiger partial charge in [0.25, 0.3) is 11.8 Å². The Morgan fingerprint density at radius 1 is 0.884 bits per heavy atom. The number of aryl methyl sites for hydroxylation is 1. The number of nitro benzene ring substituents is 1. The van der Waals surface area contributed by atoms with Crippen molar-refractivity contribution < 1.29 is 28.8 Å². The fourth-order valence-electron chi connectivity index (χ4n) is 3.83. The van der Waals surface area contributed by atoms with Crippen LogP contribution in [0.15, 0.2) is 102 Å². The molecular weight excluding hydrogens is 552 g/mol. The Labute approximate surface area is 246 Å². The van der Waals surface area contributed by atoms with Gasteiger partial charge in [-0.25, -0.2) is 10.2 Å². The summed E-state index contributed by atoms with van der Waals surface area (Å²) in [6, 6.07) is 24.2. The number of benzene rings is 4. The van der Waals surface area contributed by atoms with Crippen molar-refractivity contribution >= 4 is 41.4 Å². The molecule has 0 aliphatic heterocycles. The molecule has 0 aliphatic rings. The second kappa shape index (κ2) is 14.0. The molecule has 0 fully saturated rings. The Bertz CT molecular complexity index is 1710. The summed E-state index contributed by atoms with van der Waals surface area (Å²) < 4.78 is 10.4. The normalized spacial score (nSPS) is 10.8. The van der Waals surface area contributed by atoms with Crippen LogP contribution in [0.5, 0.6) is 11.5 Å². The Balaban J connectivity index is 1.41. The van der Waals surface area contributed by atoms with Crippen molar-refractivity contribution in [3.8, 4) is 11.5 Å². The van der Waals surface area contributed by atoms with Crippen LogP contribution in [0.2, 0.25) is 0 Å². The van der Waals surface area contributed by atoms with Gasteiger partial charge in [-0.05, 0) is 73.2 Å². The Morgan fingerprint density at radius 3 is 2.28 bits per heavy atom. The number of amides is 2. The van der Waals surface area contributed by atoms with E-state index < -0.39 is 22.5 Å². The molecule has 0 aliphatic carbocycles. The average Bonchev–Trinajstić information content (AvgIpc) is 3.01. The number of hydrazone groups is 1. The number of methoxy groups -OCH3 is 1. The first-order valence-corrected chi connectivity index (χ1v) is 12.9. The molecule has 11 heteroatoms. The van der Waals surface area contributed by atoms with Crippen molar-refractivity contribution in [1.82, 2.24) is 5.43 Å². The molecule has 11 nitrogen and oxygen atoms in total. The molecule has 4 aromatic rings. The third kappa shape index (κ3) is 8.21. The summed E-state index contributed by atoms with van der Waals surface area (Å²) in [6.07, 6.45) is 3.76. The molecule has 2 N–H and O–H groups in total. The lowest BCUT2D eigenvalue weighted by Crippen LogP contribution is -2.18. The minimum atomic E-state index is -0.849. The largest absolute Gasteiger partial charge is 0.497 e. The van der Waals surface area contributed by atoms with Crippen LogP contribution < -0.4 is 20.2 Å². The van der Waals surface area contributed by atoms with E-state index in [1.54, 1.807) is 54.6 Å². The van der Waals surface area contributed by atoms with Crippen LogP contribution in [0.4, 0.5) is 11.4 Å². The third-order valence-electron chi connectivity index (χ3n) is 6.01. The van der Waals surface area contributed by atoms with E-state index in [9.17, 15) is 24.5 Å². The molecule has 216 valence electrons. The smallest absolute Gasteiger partial charge is 0.336 e. The fraction of sp³-hybridized carbons (Fsp3) is 0.0625. The van der Waals surface area contributed by atoms with E-state index in [2.05, 4.69) is 15.8 Å². The van der Waals surface area contributed by atoms with Crippen molar-refractivity contribution in [3.63, 3.8) is 0 Å². The molecule has 0 aromatic heterocycles. The molecule has 43 heavy (non-hydrogen) atoms. The molecule has 0 spiro atoms. The first-order chi connectivity index (χ1) is 20.7. The van der Waals surface area contributed by atoms with Crippen molar-refractivity contribution in [2.75, 3.05) is 12.4 Å². The van der Waals surface area contributed by atoms with Gasteiger partial charge in [0.1, 0.15) is 5.75 Å². The lowest BCUT2D eigenvalue weighted by atomic mass is 10.1. The van der Waals surface area contributed by atoms with E-state index in [1.807, 2.05) is 13.0 Å². The summed E-state index contributed by atoms with van der Waals surface area (Å²) in [7, 11) is 1.54. The molecule has 0 heterocycles. The van der Waals surface area contributed by atoms with Gasteiger partial charge in [-0.15, -0.1) is 0 Å². The molecule has 2 amide bonds. The minimum Gasteiger partial charge on any atom is -0.497 e. The Morgan fingerprint density at radius 2 is 1.60 bits per heavy atom. The number of esters is 1. The second-order valence-electron chi connectivity index (χ2n) is 9.08. The average molecular weight is 579 g/mol. The maximum absolute atomic E-state index is 12.6. The van der Waals surface area contributed by atoms with E-state index in [4.69, 9.17) is 9.47 Å². The predicted molar refractivity (Wildman–Crippen MR) is 161 cm³/mol. The third-order valence-corrected chi connectivity index (χ3v) is 6.01. The molecule has 0 unspecified atom stereocenters. The molecule has 0 radical (unpaired) electrons. The van der Waals surface area contributed by atoms with Gasteiger partial charge in [0.2, 0.25) is 5.75 Å². The van der Waals surface area contributed by atoms with E-state index >= 15 is 0 Å². The van der Waals surface area contributed by atoms with E-state index in [-0.39, 0.29) is 22.8 Å². The molecular formula is C32H26N4O7. The van der Waals surface area contributed by atoms with Gasteiger partial charge in [-0.2, -0.15) is 5.10 Å². The monoisotopic (exact) mass is 578 g/mol. The highest BCUT2D eigenvalue weighted by Gasteiger charge is 2.20. The molecule has 0 bridgehead atoms. The van der Waals surface area contributed by atoms with Gasteiger partial charge in [-0.3, -0.25) is 19.7 Å². The quantitative estimate of drug-likeness (QED) is 0.0626. The summed E-state index contributed by atoms with van der Waals surface area (Å²) >= 11 is 0. The summed E-state index contributed by atoms with van der Waals surface area (Å²) in [5.74, 6) is -1.38. The van der Waals surface area contributed by atoms with Gasteiger partial charge >= 0.3 is 11.7 Å². The first kappa shape index (κ1) is 29.9. The predicted octanol–water partition coefficient (Wildman–Crippen LogP) is 5.55. The number of para-hydroxylation sites is 1. The first-order valence-electron chi connectivity index (χ1n) is 12.9. The maximum Gasteiger partial charge on any atom is 0.336 e. The zero-order valence-corrected chi connectivity index (χ0v) is 23.1. The maximum atomic E-state index is 12.6. The number of nitrogens with zero attached hydrogens (tertiary/aromatic N) is 2. The number of nitro groups is 1. The number of hydrogen-bond acceptors (Lipinski definition) is 8. The van der Waals surface area contributed by atoms with Crippen LogP contribution in [0, 0.1) is 17.0 Å². The van der Waals surface area contributed by atoms with Gasteiger partial charge in [-0.1, -0.05) is 35.9 Å². The van der Waals surface area contributed by atoms with Gasteiger partial charge < -0.3 is 14.8 Å². The zero-order valence-electron chi connectivity index (χ0n) is 23.1. The highest BCUT2D eigenvalue weighted by molar-refractivity contribution is 6.04.